The SMILES string of the molecule is CC(CN1CCOC(C)C1)OCCN1CCOCC1. The first-order valence-corrected chi connectivity index (χ1v) is 7.49. The highest BCUT2D eigenvalue weighted by Gasteiger charge is 2.18. The first kappa shape index (κ1) is 15.2. The van der Waals surface area contributed by atoms with Gasteiger partial charge in [-0.2, -0.15) is 0 Å². The molecule has 2 atom stereocenters. The molecule has 0 saturated carbocycles. The summed E-state index contributed by atoms with van der Waals surface area (Å²) in [5, 5.41) is 0. The molecule has 0 aliphatic carbocycles. The molecule has 2 aliphatic heterocycles. The average molecular weight is 272 g/mol. The predicted molar refractivity (Wildman–Crippen MR) is 74.5 cm³/mol. The van der Waals surface area contributed by atoms with Crippen molar-refractivity contribution in [3.05, 3.63) is 0 Å². The van der Waals surface area contributed by atoms with Crippen LogP contribution in [0.15, 0.2) is 0 Å². The van der Waals surface area contributed by atoms with Crippen molar-refractivity contribution in [1.29, 1.82) is 0 Å². The summed E-state index contributed by atoms with van der Waals surface area (Å²) in [5.41, 5.74) is 0. The molecule has 19 heavy (non-hydrogen) atoms. The molecule has 0 radical (unpaired) electrons. The highest BCUT2D eigenvalue weighted by molar-refractivity contribution is 4.70. The van der Waals surface area contributed by atoms with E-state index in [0.29, 0.717) is 12.2 Å². The molecule has 2 saturated heterocycles. The Bertz CT molecular complexity index is 247. The van der Waals surface area contributed by atoms with Gasteiger partial charge in [0, 0.05) is 39.3 Å². The Hall–Kier alpha value is -0.200. The quantitative estimate of drug-likeness (QED) is 0.701. The third-order valence-electron chi connectivity index (χ3n) is 3.75. The standard InChI is InChI=1S/C14H28N2O3/c1-13(11-16-6-10-19-14(2)12-16)18-9-5-15-3-7-17-8-4-15/h13-14H,3-12H2,1-2H3. The molecular formula is C14H28N2O3. The molecule has 112 valence electrons. The maximum absolute atomic E-state index is 5.92. The second-order valence-corrected chi connectivity index (χ2v) is 5.58. The van der Waals surface area contributed by atoms with Crippen LogP contribution in [0.25, 0.3) is 0 Å². The van der Waals surface area contributed by atoms with Crippen molar-refractivity contribution in [1.82, 2.24) is 9.80 Å². The molecule has 2 rings (SSSR count). The second-order valence-electron chi connectivity index (χ2n) is 5.58. The number of rotatable bonds is 6. The molecule has 5 heteroatoms. The number of ether oxygens (including phenoxy) is 3. The molecule has 0 aromatic carbocycles. The van der Waals surface area contributed by atoms with Gasteiger partial charge in [-0.25, -0.2) is 0 Å². The summed E-state index contributed by atoms with van der Waals surface area (Å²) in [5.74, 6) is 0. The Morgan fingerprint density at radius 1 is 1.16 bits per heavy atom. The van der Waals surface area contributed by atoms with Gasteiger partial charge in [0.15, 0.2) is 0 Å². The Balaban J connectivity index is 1.54. The largest absolute Gasteiger partial charge is 0.379 e. The normalized spacial score (nSPS) is 28.4. The van der Waals surface area contributed by atoms with E-state index in [1.54, 1.807) is 0 Å². The van der Waals surface area contributed by atoms with Gasteiger partial charge in [0.1, 0.15) is 0 Å². The molecule has 0 bridgehead atoms. The lowest BCUT2D eigenvalue weighted by Crippen LogP contribution is -2.45. The zero-order chi connectivity index (χ0) is 13.5. The van der Waals surface area contributed by atoms with E-state index >= 15 is 0 Å². The van der Waals surface area contributed by atoms with Crippen molar-refractivity contribution >= 4 is 0 Å². The zero-order valence-corrected chi connectivity index (χ0v) is 12.3. The third kappa shape index (κ3) is 5.75. The fourth-order valence-corrected chi connectivity index (χ4v) is 2.68. The number of hydrogen-bond donors (Lipinski definition) is 0. The van der Waals surface area contributed by atoms with E-state index in [9.17, 15) is 0 Å². The summed E-state index contributed by atoms with van der Waals surface area (Å²) >= 11 is 0. The summed E-state index contributed by atoms with van der Waals surface area (Å²) in [4.78, 5) is 4.85. The van der Waals surface area contributed by atoms with Gasteiger partial charge in [-0.15, -0.1) is 0 Å². The molecule has 0 aromatic rings. The lowest BCUT2D eigenvalue weighted by Gasteiger charge is -2.33. The molecule has 0 spiro atoms. The van der Waals surface area contributed by atoms with E-state index in [-0.39, 0.29) is 0 Å². The van der Waals surface area contributed by atoms with E-state index in [1.165, 1.54) is 0 Å². The predicted octanol–water partition coefficient (Wildman–Crippen LogP) is 0.444. The van der Waals surface area contributed by atoms with Crippen LogP contribution in [0.4, 0.5) is 0 Å². The highest BCUT2D eigenvalue weighted by Crippen LogP contribution is 2.06. The molecule has 5 nitrogen and oxygen atoms in total. The average Bonchev–Trinajstić information content (AvgIpc) is 2.40. The van der Waals surface area contributed by atoms with Gasteiger partial charge >= 0.3 is 0 Å². The Morgan fingerprint density at radius 3 is 2.63 bits per heavy atom. The van der Waals surface area contributed by atoms with Crippen LogP contribution in [0.5, 0.6) is 0 Å². The zero-order valence-electron chi connectivity index (χ0n) is 12.3. The molecule has 0 aromatic heterocycles. The van der Waals surface area contributed by atoms with E-state index in [1.807, 2.05) is 0 Å². The molecule has 2 heterocycles. The van der Waals surface area contributed by atoms with Crippen molar-refractivity contribution < 1.29 is 14.2 Å². The fraction of sp³-hybridized carbons (Fsp3) is 1.00. The van der Waals surface area contributed by atoms with Gasteiger partial charge < -0.3 is 14.2 Å². The Labute approximate surface area is 116 Å². The number of hydrogen-bond acceptors (Lipinski definition) is 5. The molecule has 2 unspecified atom stereocenters. The van der Waals surface area contributed by atoms with Crippen LogP contribution in [-0.4, -0.2) is 87.7 Å². The van der Waals surface area contributed by atoms with E-state index in [2.05, 4.69) is 23.6 Å². The van der Waals surface area contributed by atoms with E-state index in [0.717, 1.165) is 65.7 Å². The molecule has 0 N–H and O–H groups in total. The molecule has 2 fully saturated rings. The van der Waals surface area contributed by atoms with Crippen molar-refractivity contribution in [3.8, 4) is 0 Å². The minimum Gasteiger partial charge on any atom is -0.379 e. The smallest absolute Gasteiger partial charge is 0.0674 e. The minimum atomic E-state index is 0.298. The van der Waals surface area contributed by atoms with Crippen molar-refractivity contribution in [2.75, 3.05) is 65.7 Å². The van der Waals surface area contributed by atoms with Crippen LogP contribution in [0.2, 0.25) is 0 Å². The van der Waals surface area contributed by atoms with E-state index < -0.39 is 0 Å². The lowest BCUT2D eigenvalue weighted by molar-refractivity contribution is -0.0449. The lowest BCUT2D eigenvalue weighted by atomic mass is 10.2. The summed E-state index contributed by atoms with van der Waals surface area (Å²) in [6.45, 7) is 13.9. The third-order valence-corrected chi connectivity index (χ3v) is 3.75. The van der Waals surface area contributed by atoms with Crippen LogP contribution < -0.4 is 0 Å². The molecule has 0 amide bonds. The van der Waals surface area contributed by atoms with Gasteiger partial charge in [0.05, 0.1) is 38.6 Å². The minimum absolute atomic E-state index is 0.298. The number of morpholine rings is 2. The van der Waals surface area contributed by atoms with Crippen LogP contribution in [0.3, 0.4) is 0 Å². The topological polar surface area (TPSA) is 34.2 Å². The van der Waals surface area contributed by atoms with Crippen molar-refractivity contribution in [2.45, 2.75) is 26.1 Å². The maximum Gasteiger partial charge on any atom is 0.0674 e. The first-order valence-electron chi connectivity index (χ1n) is 7.49. The van der Waals surface area contributed by atoms with Gasteiger partial charge in [0.25, 0.3) is 0 Å². The summed E-state index contributed by atoms with van der Waals surface area (Å²) < 4.78 is 16.8. The highest BCUT2D eigenvalue weighted by atomic mass is 16.5. The fourth-order valence-electron chi connectivity index (χ4n) is 2.68. The van der Waals surface area contributed by atoms with Crippen molar-refractivity contribution in [2.24, 2.45) is 0 Å². The first-order chi connectivity index (χ1) is 9.24. The van der Waals surface area contributed by atoms with Crippen molar-refractivity contribution in [3.63, 3.8) is 0 Å². The van der Waals surface area contributed by atoms with Crippen LogP contribution in [0.1, 0.15) is 13.8 Å². The van der Waals surface area contributed by atoms with Gasteiger partial charge in [-0.3, -0.25) is 9.80 Å². The van der Waals surface area contributed by atoms with E-state index in [4.69, 9.17) is 14.2 Å². The summed E-state index contributed by atoms with van der Waals surface area (Å²) in [7, 11) is 0. The second kappa shape index (κ2) is 8.17. The van der Waals surface area contributed by atoms with Crippen LogP contribution in [-0.2, 0) is 14.2 Å². The van der Waals surface area contributed by atoms with Gasteiger partial charge in [-0.05, 0) is 13.8 Å². The molecular weight excluding hydrogens is 244 g/mol. The summed E-state index contributed by atoms with van der Waals surface area (Å²) in [6, 6.07) is 0. The van der Waals surface area contributed by atoms with Crippen LogP contribution in [0, 0.1) is 0 Å². The molecule has 2 aliphatic rings. The Morgan fingerprint density at radius 2 is 1.89 bits per heavy atom. The van der Waals surface area contributed by atoms with Crippen LogP contribution >= 0.6 is 0 Å². The maximum atomic E-state index is 5.92. The Kier molecular flexibility index (Phi) is 6.53. The van der Waals surface area contributed by atoms with Gasteiger partial charge in [-0.1, -0.05) is 0 Å². The summed E-state index contributed by atoms with van der Waals surface area (Å²) in [6.07, 6.45) is 0.653. The van der Waals surface area contributed by atoms with Gasteiger partial charge in [0.2, 0.25) is 0 Å². The monoisotopic (exact) mass is 272 g/mol. The number of nitrogens with zero attached hydrogens (tertiary/aromatic N) is 2.